The van der Waals surface area contributed by atoms with E-state index in [0.717, 1.165) is 24.3 Å². The average Bonchev–Trinajstić information content (AvgIpc) is 2.84. The number of carbonyl (C=O) groups is 1. The Morgan fingerprint density at radius 2 is 1.54 bits per heavy atom. The summed E-state index contributed by atoms with van der Waals surface area (Å²) in [5.41, 5.74) is 0.472. The minimum Gasteiger partial charge on any atom is -0.403 e. The molecule has 0 aromatic heterocycles. The molecule has 0 spiro atoms. The van der Waals surface area contributed by atoms with E-state index in [1.54, 1.807) is 30.3 Å². The van der Waals surface area contributed by atoms with Crippen LogP contribution in [0.25, 0.3) is 0 Å². The lowest BCUT2D eigenvalue weighted by atomic mass is 9.95. The number of alkyl halides is 6. The highest BCUT2D eigenvalue weighted by Gasteiger charge is 2.33. The van der Waals surface area contributed by atoms with Crippen molar-refractivity contribution >= 4 is 5.91 Å². The number of hydrogen-bond donors (Lipinski definition) is 2. The minimum absolute atomic E-state index is 0.156. The van der Waals surface area contributed by atoms with E-state index in [9.17, 15) is 35.5 Å². The molecule has 0 unspecified atom stereocenters. The molecule has 0 aliphatic heterocycles. The second-order valence-electron chi connectivity index (χ2n) is 8.15. The van der Waals surface area contributed by atoms with Crippen molar-refractivity contribution in [2.24, 2.45) is 0 Å². The van der Waals surface area contributed by atoms with E-state index in [1.165, 1.54) is 25.2 Å². The number of halogens is 7. The van der Waals surface area contributed by atoms with Crippen LogP contribution in [0.1, 0.15) is 40.8 Å². The zero-order valence-corrected chi connectivity index (χ0v) is 19.5. The molecule has 0 radical (unpaired) electrons. The minimum atomic E-state index is -5.13. The van der Waals surface area contributed by atoms with Gasteiger partial charge in [-0.25, -0.2) is 4.39 Å². The summed E-state index contributed by atoms with van der Waals surface area (Å²) in [4.78, 5) is 12.7. The zero-order valence-electron chi connectivity index (χ0n) is 19.5. The van der Waals surface area contributed by atoms with Gasteiger partial charge in [-0.15, -0.1) is 13.2 Å². The van der Waals surface area contributed by atoms with Gasteiger partial charge in [0.05, 0.1) is 5.56 Å². The van der Waals surface area contributed by atoms with Crippen LogP contribution in [0.15, 0.2) is 72.8 Å². The van der Waals surface area contributed by atoms with E-state index in [2.05, 4.69) is 15.4 Å². The lowest BCUT2D eigenvalue weighted by molar-refractivity contribution is -0.275. The Bertz CT molecular complexity index is 1180. The molecule has 3 aromatic rings. The highest BCUT2D eigenvalue weighted by atomic mass is 19.4. The molecule has 4 nitrogen and oxygen atoms in total. The van der Waals surface area contributed by atoms with Crippen LogP contribution in [0.5, 0.6) is 5.75 Å². The van der Waals surface area contributed by atoms with E-state index in [-0.39, 0.29) is 18.4 Å². The summed E-state index contributed by atoms with van der Waals surface area (Å²) in [6, 6.07) is 14.2. The lowest BCUT2D eigenvalue weighted by Crippen LogP contribution is -2.38. The number of benzene rings is 3. The van der Waals surface area contributed by atoms with E-state index >= 15 is 0 Å². The quantitative estimate of drug-likeness (QED) is 0.312. The van der Waals surface area contributed by atoms with Crippen LogP contribution in [0.3, 0.4) is 0 Å². The molecular weight excluding hydrogens is 505 g/mol. The summed E-state index contributed by atoms with van der Waals surface area (Å²) in [5, 5.41) is 5.63. The fraction of sp³-hybridized carbons (Fsp3) is 0.269. The third-order valence-corrected chi connectivity index (χ3v) is 5.60. The Hall–Kier alpha value is -3.60. The van der Waals surface area contributed by atoms with Crippen LogP contribution >= 0.6 is 0 Å². The smallest absolute Gasteiger partial charge is 0.403 e. The van der Waals surface area contributed by atoms with Crippen LogP contribution in [0.2, 0.25) is 0 Å². The molecule has 2 N–H and O–H groups in total. The van der Waals surface area contributed by atoms with Crippen LogP contribution < -0.4 is 15.4 Å². The monoisotopic (exact) mass is 528 g/mol. The largest absolute Gasteiger partial charge is 0.573 e. The molecule has 0 saturated heterocycles. The molecule has 0 fully saturated rings. The maximum Gasteiger partial charge on any atom is 0.573 e. The van der Waals surface area contributed by atoms with Gasteiger partial charge in [0, 0.05) is 13.1 Å². The maximum absolute atomic E-state index is 14.1. The molecular formula is C26H23F7N2O2. The van der Waals surface area contributed by atoms with Gasteiger partial charge in [-0.05, 0) is 53.8 Å². The Labute approximate surface area is 208 Å². The number of aryl methyl sites for hydroxylation is 1. The van der Waals surface area contributed by atoms with Gasteiger partial charge in [0.15, 0.2) is 11.6 Å². The first-order valence-electron chi connectivity index (χ1n) is 11.1. The lowest BCUT2D eigenvalue weighted by Gasteiger charge is -2.26. The van der Waals surface area contributed by atoms with Gasteiger partial charge in [-0.2, -0.15) is 13.2 Å². The van der Waals surface area contributed by atoms with Gasteiger partial charge in [0.1, 0.15) is 6.04 Å². The first kappa shape index (κ1) is 28.0. The first-order chi connectivity index (χ1) is 17.4. The van der Waals surface area contributed by atoms with E-state index in [1.807, 2.05) is 0 Å². The Kier molecular flexibility index (Phi) is 8.80. The van der Waals surface area contributed by atoms with Crippen molar-refractivity contribution in [2.75, 3.05) is 7.05 Å². The molecule has 2 atom stereocenters. The van der Waals surface area contributed by atoms with E-state index in [0.29, 0.717) is 11.1 Å². The van der Waals surface area contributed by atoms with E-state index in [4.69, 9.17) is 0 Å². The number of rotatable bonds is 9. The molecule has 3 rings (SSSR count). The number of carbonyl (C=O) groups excluding carboxylic acids is 1. The molecule has 11 heteroatoms. The van der Waals surface area contributed by atoms with E-state index < -0.39 is 47.7 Å². The van der Waals surface area contributed by atoms with Crippen LogP contribution in [-0.2, 0) is 17.4 Å². The highest BCUT2D eigenvalue weighted by Crippen LogP contribution is 2.32. The third-order valence-electron chi connectivity index (χ3n) is 5.60. The number of amides is 1. The summed E-state index contributed by atoms with van der Waals surface area (Å²) in [6.45, 7) is 0. The number of hydrogen-bond acceptors (Lipinski definition) is 3. The SMILES string of the molecule is CNC(=O)[C@H](N[C@@H](CCc1ccc(C(F)(F)F)cc1)c1ccc(F)c(OC(F)(F)F)c1)c1ccccc1. The van der Waals surface area contributed by atoms with Crippen molar-refractivity contribution in [1.82, 2.24) is 10.6 Å². The van der Waals surface area contributed by atoms with Gasteiger partial charge in [0.2, 0.25) is 5.91 Å². The average molecular weight is 528 g/mol. The molecule has 0 aliphatic rings. The zero-order chi connectivity index (χ0) is 27.2. The number of nitrogens with one attached hydrogen (secondary N) is 2. The Morgan fingerprint density at radius 3 is 2.11 bits per heavy atom. The predicted molar refractivity (Wildman–Crippen MR) is 122 cm³/mol. The van der Waals surface area contributed by atoms with Gasteiger partial charge in [-0.3, -0.25) is 10.1 Å². The van der Waals surface area contributed by atoms with Crippen molar-refractivity contribution in [3.05, 3.63) is 101 Å². The Morgan fingerprint density at radius 1 is 0.892 bits per heavy atom. The molecule has 0 saturated carbocycles. The predicted octanol–water partition coefficient (Wildman–Crippen LogP) is 6.49. The first-order valence-corrected chi connectivity index (χ1v) is 11.1. The van der Waals surface area contributed by atoms with Gasteiger partial charge in [0.25, 0.3) is 0 Å². The fourth-order valence-electron chi connectivity index (χ4n) is 3.77. The van der Waals surface area contributed by atoms with Crippen LogP contribution in [0.4, 0.5) is 30.7 Å². The summed E-state index contributed by atoms with van der Waals surface area (Å²) in [6.07, 6.45) is -9.26. The molecule has 0 bridgehead atoms. The van der Waals surface area contributed by atoms with Gasteiger partial charge < -0.3 is 10.1 Å². The summed E-state index contributed by atoms with van der Waals surface area (Å²) >= 11 is 0. The number of ether oxygens (including phenoxy) is 1. The molecule has 0 heterocycles. The van der Waals surface area contributed by atoms with Crippen LogP contribution in [-0.4, -0.2) is 19.3 Å². The van der Waals surface area contributed by atoms with Crippen molar-refractivity contribution < 1.29 is 40.3 Å². The fourth-order valence-corrected chi connectivity index (χ4v) is 3.77. The van der Waals surface area contributed by atoms with Crippen molar-refractivity contribution in [1.29, 1.82) is 0 Å². The second kappa shape index (κ2) is 11.6. The molecule has 3 aromatic carbocycles. The Balaban J connectivity index is 1.94. The standard InChI is InChI=1S/C26H23F7N2O2/c1-34-24(36)23(17-5-3-2-4-6-17)35-21(14-9-16-7-11-19(12-8-16)25(28,29)30)18-10-13-20(27)22(15-18)37-26(31,32)33/h2-8,10-13,15,21,23,35H,9,14H2,1H3,(H,34,36)/t21-,23+/m0/s1. The third kappa shape index (κ3) is 7.94. The molecule has 0 aliphatic carbocycles. The van der Waals surface area contributed by atoms with Gasteiger partial charge >= 0.3 is 12.5 Å². The summed E-state index contributed by atoms with van der Waals surface area (Å²) < 4.78 is 94.9. The van der Waals surface area contributed by atoms with Crippen molar-refractivity contribution in [2.45, 2.75) is 37.5 Å². The topological polar surface area (TPSA) is 50.4 Å². The molecule has 1 amide bonds. The highest BCUT2D eigenvalue weighted by molar-refractivity contribution is 5.83. The molecule has 37 heavy (non-hydrogen) atoms. The van der Waals surface area contributed by atoms with Crippen LogP contribution in [0, 0.1) is 5.82 Å². The maximum atomic E-state index is 14.1. The molecule has 198 valence electrons. The van der Waals surface area contributed by atoms with Crippen molar-refractivity contribution in [3.63, 3.8) is 0 Å². The number of likely N-dealkylation sites (N-methyl/N-ethyl adjacent to an activating group) is 1. The van der Waals surface area contributed by atoms with Gasteiger partial charge in [-0.1, -0.05) is 48.5 Å². The van der Waals surface area contributed by atoms with Crippen molar-refractivity contribution in [3.8, 4) is 5.75 Å². The summed E-state index contributed by atoms with van der Waals surface area (Å²) in [7, 11) is 1.42. The summed E-state index contributed by atoms with van der Waals surface area (Å²) in [5.74, 6) is -2.70. The second-order valence-corrected chi connectivity index (χ2v) is 8.15. The normalized spacial score (nSPS) is 13.6.